The van der Waals surface area contributed by atoms with Gasteiger partial charge in [0.15, 0.2) is 5.69 Å². The molecule has 0 saturated carbocycles. The van der Waals surface area contributed by atoms with Crippen molar-refractivity contribution in [2.45, 2.75) is 52.4 Å². The van der Waals surface area contributed by atoms with E-state index in [1.54, 1.807) is 0 Å². The molecule has 0 atom stereocenters. The van der Waals surface area contributed by atoms with Crippen LogP contribution in [-0.4, -0.2) is 13.4 Å². The molecule has 4 aliphatic rings. The van der Waals surface area contributed by atoms with Crippen molar-refractivity contribution in [2.24, 2.45) is 0 Å². The molecule has 6 heteroatoms. The Labute approximate surface area is 337 Å². The van der Waals surface area contributed by atoms with Crippen LogP contribution < -0.4 is 32.8 Å². The monoisotopic (exact) mass is 734 g/mol. The molecule has 266 valence electrons. The van der Waals surface area contributed by atoms with E-state index in [1.807, 2.05) is 36.4 Å². The highest BCUT2D eigenvalue weighted by Crippen LogP contribution is 2.51. The third kappa shape index (κ3) is 3.84. The smallest absolute Gasteiger partial charge is 0.238 e. The molecule has 8 aromatic rings. The highest BCUT2D eigenvalue weighted by Gasteiger charge is 2.45. The topological polar surface area (TPSA) is 75.7 Å². The van der Waals surface area contributed by atoms with E-state index < -0.39 is 0 Å². The lowest BCUT2D eigenvalue weighted by atomic mass is 9.34. The van der Waals surface area contributed by atoms with Gasteiger partial charge in [0.1, 0.15) is 0 Å². The van der Waals surface area contributed by atoms with Crippen molar-refractivity contribution in [3.63, 3.8) is 0 Å². The van der Waals surface area contributed by atoms with Crippen LogP contribution in [0.1, 0.15) is 69.4 Å². The highest BCUT2D eigenvalue weighted by atomic mass is 14.6. The molecule has 0 N–H and O–H groups in total. The number of fused-ring (bicyclic) bond motifs is 10. The van der Waals surface area contributed by atoms with Gasteiger partial charge in [0.05, 0.1) is 41.5 Å². The van der Waals surface area contributed by atoms with E-state index in [4.69, 9.17) is 6.57 Å². The summed E-state index contributed by atoms with van der Waals surface area (Å²) in [5.74, 6) is 0. The van der Waals surface area contributed by atoms with Gasteiger partial charge < -0.3 is 0 Å². The Balaban J connectivity index is 1.34. The van der Waals surface area contributed by atoms with Gasteiger partial charge in [-0.3, -0.25) is 0 Å². The maximum Gasteiger partial charge on any atom is 0.244 e. The number of benzene rings is 8. The van der Waals surface area contributed by atoms with Crippen LogP contribution in [0.15, 0.2) is 84.9 Å². The number of hydrogen-bond acceptors (Lipinski definition) is 3. The number of hydrogen-bond donors (Lipinski definition) is 0. The van der Waals surface area contributed by atoms with Crippen LogP contribution in [0.4, 0.5) is 5.69 Å². The molecule has 12 rings (SSSR count). The van der Waals surface area contributed by atoms with E-state index in [-0.39, 0.29) is 24.3 Å². The minimum absolute atomic E-state index is 0.0514. The fraction of sp³-hybridized carbons (Fsp3) is 0.154. The Morgan fingerprint density at radius 2 is 0.862 bits per heavy atom. The van der Waals surface area contributed by atoms with Gasteiger partial charge in [-0.1, -0.05) is 105 Å². The SMILES string of the molecule is [C-]#[N+]c1ccc2c(c1)-c1cc(C#N)cc3c1B2c1cc2c(C(C)(C)C)cc4c5c(cc6c(C(C)(C)C)cc-3c1c6c25)B1c2ccc(C#N)cc2-c2cc(C#N)cc-4c21. The second-order valence-electron chi connectivity index (χ2n) is 18.8. The molecule has 0 aromatic heterocycles. The first-order valence-electron chi connectivity index (χ1n) is 19.9. The maximum absolute atomic E-state index is 10.5. The molecular formula is C52H32B2N4. The molecule has 4 aliphatic heterocycles. The number of nitrogens with zero attached hydrogens (tertiary/aromatic N) is 4. The van der Waals surface area contributed by atoms with Gasteiger partial charge in [-0.05, 0) is 153 Å². The Morgan fingerprint density at radius 1 is 0.448 bits per heavy atom. The lowest BCUT2D eigenvalue weighted by molar-refractivity contribution is 0.595. The second-order valence-corrected chi connectivity index (χ2v) is 18.8. The van der Waals surface area contributed by atoms with Gasteiger partial charge >= 0.3 is 0 Å². The largest absolute Gasteiger partial charge is 0.244 e. The van der Waals surface area contributed by atoms with Gasteiger partial charge in [0.25, 0.3) is 0 Å². The normalized spacial score (nSPS) is 13.6. The summed E-state index contributed by atoms with van der Waals surface area (Å²) in [5, 5.41) is 38.4. The van der Waals surface area contributed by atoms with Crippen LogP contribution in [-0.2, 0) is 10.8 Å². The Bertz CT molecular complexity index is 3300. The van der Waals surface area contributed by atoms with Crippen molar-refractivity contribution in [3.05, 3.63) is 124 Å². The molecule has 0 bridgehead atoms. The molecule has 0 saturated heterocycles. The zero-order chi connectivity index (χ0) is 39.9. The average molecular weight is 734 g/mol. The molecule has 8 aromatic carbocycles. The van der Waals surface area contributed by atoms with Gasteiger partial charge in [0.2, 0.25) is 13.4 Å². The van der Waals surface area contributed by atoms with Crippen LogP contribution in [0.2, 0.25) is 0 Å². The molecule has 0 spiro atoms. The van der Waals surface area contributed by atoms with Crippen LogP contribution in [0.25, 0.3) is 81.7 Å². The number of rotatable bonds is 0. The predicted octanol–water partition coefficient (Wildman–Crippen LogP) is 8.30. The maximum atomic E-state index is 10.5. The standard InChI is InChI=1S/C52H32B2N4/c1-51(2,3)39-18-31-35-15-26(23-56)13-33-29-12-25(22-55)8-10-41(29)53(49(33)35)43-20-37-40(52(4,5)6)19-32-36-16-27(24-57)14-34-30-17-28(58-7)9-11-42(30)54(50(34)36)44-21-38(39)47(45(31)43)48(37)46(32)44/h8-21H,1-6H3. The molecular weight excluding hydrogens is 702 g/mol. The first kappa shape index (κ1) is 33.1. The molecule has 0 unspecified atom stereocenters. The molecule has 0 radical (unpaired) electrons. The van der Waals surface area contributed by atoms with E-state index in [0.29, 0.717) is 22.4 Å². The molecule has 4 heterocycles. The highest BCUT2D eigenvalue weighted by molar-refractivity contribution is 7.03. The van der Waals surface area contributed by atoms with Crippen molar-refractivity contribution in [2.75, 3.05) is 0 Å². The molecule has 58 heavy (non-hydrogen) atoms. The second kappa shape index (κ2) is 10.4. The molecule has 4 nitrogen and oxygen atoms in total. The Hall–Kier alpha value is -7.11. The Morgan fingerprint density at radius 3 is 1.29 bits per heavy atom. The Kier molecular flexibility index (Phi) is 5.95. The summed E-state index contributed by atoms with van der Waals surface area (Å²) in [7, 11) is 0. The molecule has 0 amide bonds. The fourth-order valence-electron chi connectivity index (χ4n) is 11.5. The summed E-state index contributed by atoms with van der Waals surface area (Å²) >= 11 is 0. The van der Waals surface area contributed by atoms with Crippen LogP contribution in [0.5, 0.6) is 0 Å². The van der Waals surface area contributed by atoms with Crippen molar-refractivity contribution in [1.82, 2.24) is 0 Å². The van der Waals surface area contributed by atoms with Gasteiger partial charge in [-0.15, -0.1) is 0 Å². The van der Waals surface area contributed by atoms with Crippen molar-refractivity contribution in [1.29, 1.82) is 15.8 Å². The minimum Gasteiger partial charge on any atom is -0.238 e. The zero-order valence-corrected chi connectivity index (χ0v) is 33.0. The minimum atomic E-state index is -0.226. The van der Waals surface area contributed by atoms with Gasteiger partial charge in [-0.25, -0.2) is 4.85 Å². The summed E-state index contributed by atoms with van der Waals surface area (Å²) in [6.45, 7) is 21.6. The predicted molar refractivity (Wildman–Crippen MR) is 239 cm³/mol. The average Bonchev–Trinajstić information content (AvgIpc) is 3.72. The van der Waals surface area contributed by atoms with E-state index in [9.17, 15) is 15.8 Å². The van der Waals surface area contributed by atoms with E-state index in [0.717, 1.165) is 44.5 Å². The van der Waals surface area contributed by atoms with Gasteiger partial charge in [0, 0.05) is 0 Å². The van der Waals surface area contributed by atoms with Crippen LogP contribution >= 0.6 is 0 Å². The zero-order valence-electron chi connectivity index (χ0n) is 33.0. The van der Waals surface area contributed by atoms with E-state index in [2.05, 4.69) is 113 Å². The summed E-state index contributed by atoms with van der Waals surface area (Å²) in [4.78, 5) is 3.82. The van der Waals surface area contributed by atoms with E-state index in [1.165, 1.54) is 76.2 Å². The third-order valence-electron chi connectivity index (χ3n) is 13.7. The summed E-state index contributed by atoms with van der Waals surface area (Å²) in [6.07, 6.45) is 0. The van der Waals surface area contributed by atoms with Gasteiger partial charge in [-0.2, -0.15) is 15.8 Å². The first-order valence-corrected chi connectivity index (χ1v) is 19.9. The fourth-order valence-corrected chi connectivity index (χ4v) is 11.5. The lowest BCUT2D eigenvalue weighted by Crippen LogP contribution is -2.53. The summed E-state index contributed by atoms with van der Waals surface area (Å²) < 4.78 is 0. The third-order valence-corrected chi connectivity index (χ3v) is 13.7. The van der Waals surface area contributed by atoms with Crippen LogP contribution in [0.3, 0.4) is 0 Å². The van der Waals surface area contributed by atoms with Crippen molar-refractivity contribution < 1.29 is 0 Å². The summed E-state index contributed by atoms with van der Waals surface area (Å²) in [6, 6.07) is 37.6. The molecule has 0 aliphatic carbocycles. The van der Waals surface area contributed by atoms with Crippen molar-refractivity contribution in [3.8, 4) is 62.7 Å². The van der Waals surface area contributed by atoms with Crippen LogP contribution in [0, 0.1) is 40.6 Å². The summed E-state index contributed by atoms with van der Waals surface area (Å²) in [5.41, 5.74) is 20.6. The lowest BCUT2D eigenvalue weighted by Gasteiger charge is -2.35. The van der Waals surface area contributed by atoms with E-state index >= 15 is 0 Å². The quantitative estimate of drug-likeness (QED) is 0.0895. The first-order chi connectivity index (χ1) is 27.8. The van der Waals surface area contributed by atoms with Crippen molar-refractivity contribution >= 4 is 84.2 Å². The number of nitriles is 3. The molecule has 0 fully saturated rings.